The highest BCUT2D eigenvalue weighted by Gasteiger charge is 1.99. The molecule has 0 bridgehead atoms. The molecule has 0 aromatic carbocycles. The average molecular weight is 213 g/mol. The van der Waals surface area contributed by atoms with Gasteiger partial charge in [0.25, 0.3) is 0 Å². The summed E-state index contributed by atoms with van der Waals surface area (Å²) in [6.07, 6.45) is 1.23. The van der Waals surface area contributed by atoms with E-state index in [4.69, 9.17) is 0 Å². The molecule has 0 aromatic rings. The van der Waals surface area contributed by atoms with Gasteiger partial charge in [-0.25, -0.2) is 0 Å². The third-order valence-corrected chi connectivity index (χ3v) is 2.89. The van der Waals surface area contributed by atoms with Crippen LogP contribution >= 0.6 is 22.6 Å². The van der Waals surface area contributed by atoms with Crippen LogP contribution in [0, 0.1) is 0 Å². The van der Waals surface area contributed by atoms with Crippen molar-refractivity contribution in [2.24, 2.45) is 0 Å². The Morgan fingerprint density at radius 3 is 2.00 bits per heavy atom. The van der Waals surface area contributed by atoms with Crippen LogP contribution in [0.1, 0.15) is 13.3 Å². The van der Waals surface area contributed by atoms with Crippen LogP contribution in [0.25, 0.3) is 0 Å². The third kappa shape index (κ3) is 3.29. The SMILES string of the molecule is CC[C@@H](I)N(C)C. The maximum atomic E-state index is 2.42. The van der Waals surface area contributed by atoms with Gasteiger partial charge < -0.3 is 0 Å². The van der Waals surface area contributed by atoms with E-state index < -0.39 is 0 Å². The summed E-state index contributed by atoms with van der Waals surface area (Å²) in [6, 6.07) is 0. The Hall–Kier alpha value is 0.690. The lowest BCUT2D eigenvalue weighted by atomic mass is 10.5. The maximum absolute atomic E-state index is 2.42. The summed E-state index contributed by atoms with van der Waals surface area (Å²) in [5, 5.41) is 0. The van der Waals surface area contributed by atoms with Gasteiger partial charge in [-0.1, -0.05) is 29.5 Å². The molecule has 0 fully saturated rings. The quantitative estimate of drug-likeness (QED) is 0.383. The van der Waals surface area contributed by atoms with Crippen molar-refractivity contribution in [1.29, 1.82) is 0 Å². The Labute approximate surface area is 59.2 Å². The van der Waals surface area contributed by atoms with Gasteiger partial charge in [-0.3, -0.25) is 4.90 Å². The van der Waals surface area contributed by atoms with Gasteiger partial charge in [0.15, 0.2) is 0 Å². The molecule has 1 atom stereocenters. The number of nitrogens with zero attached hydrogens (tertiary/aromatic N) is 1. The van der Waals surface area contributed by atoms with Crippen molar-refractivity contribution in [2.45, 2.75) is 17.4 Å². The van der Waals surface area contributed by atoms with Crippen LogP contribution in [0.4, 0.5) is 0 Å². The zero-order valence-corrected chi connectivity index (χ0v) is 7.27. The minimum absolute atomic E-state index is 0.706. The minimum Gasteiger partial charge on any atom is -0.298 e. The summed E-state index contributed by atoms with van der Waals surface area (Å²) >= 11 is 2.42. The van der Waals surface area contributed by atoms with Crippen molar-refractivity contribution >= 4 is 22.6 Å². The van der Waals surface area contributed by atoms with Crippen LogP contribution in [0.5, 0.6) is 0 Å². The van der Waals surface area contributed by atoms with Gasteiger partial charge in [0.1, 0.15) is 0 Å². The Kier molecular flexibility index (Phi) is 4.02. The summed E-state index contributed by atoms with van der Waals surface area (Å²) in [5.74, 6) is 0. The van der Waals surface area contributed by atoms with Crippen molar-refractivity contribution in [3.63, 3.8) is 0 Å². The van der Waals surface area contributed by atoms with Crippen molar-refractivity contribution in [3.05, 3.63) is 0 Å². The molecule has 0 N–H and O–H groups in total. The van der Waals surface area contributed by atoms with Crippen LogP contribution in [-0.4, -0.2) is 23.0 Å². The van der Waals surface area contributed by atoms with Crippen LogP contribution in [0.2, 0.25) is 0 Å². The van der Waals surface area contributed by atoms with E-state index in [9.17, 15) is 0 Å². The molecule has 0 unspecified atom stereocenters. The Morgan fingerprint density at radius 2 is 2.00 bits per heavy atom. The van der Waals surface area contributed by atoms with Crippen LogP contribution in [0.3, 0.4) is 0 Å². The summed E-state index contributed by atoms with van der Waals surface area (Å²) in [7, 11) is 4.20. The molecule has 0 saturated carbocycles. The van der Waals surface area contributed by atoms with Gasteiger partial charge in [0.05, 0.1) is 4.05 Å². The molecule has 2 heteroatoms. The lowest BCUT2D eigenvalue weighted by Crippen LogP contribution is -2.20. The molecule has 0 aliphatic heterocycles. The van der Waals surface area contributed by atoms with Gasteiger partial charge in [-0.05, 0) is 20.5 Å². The van der Waals surface area contributed by atoms with E-state index in [1.165, 1.54) is 6.42 Å². The second-order valence-electron chi connectivity index (χ2n) is 1.81. The lowest BCUT2D eigenvalue weighted by Gasteiger charge is -2.14. The third-order valence-electron chi connectivity index (χ3n) is 0.897. The van der Waals surface area contributed by atoms with E-state index in [1.54, 1.807) is 0 Å². The second kappa shape index (κ2) is 3.66. The van der Waals surface area contributed by atoms with Gasteiger partial charge in [0.2, 0.25) is 0 Å². The lowest BCUT2D eigenvalue weighted by molar-refractivity contribution is 0.391. The molecular weight excluding hydrogens is 201 g/mol. The molecule has 0 aliphatic carbocycles. The highest BCUT2D eigenvalue weighted by Crippen LogP contribution is 2.05. The Morgan fingerprint density at radius 1 is 1.57 bits per heavy atom. The first-order chi connectivity index (χ1) is 3.18. The van der Waals surface area contributed by atoms with Crippen molar-refractivity contribution in [2.75, 3.05) is 14.1 Å². The highest BCUT2D eigenvalue weighted by molar-refractivity contribution is 14.1. The molecule has 0 aromatic heterocycles. The molecule has 0 heterocycles. The zero-order chi connectivity index (χ0) is 5.86. The predicted molar refractivity (Wildman–Crippen MR) is 41.8 cm³/mol. The van der Waals surface area contributed by atoms with Crippen LogP contribution in [0.15, 0.2) is 0 Å². The molecule has 0 radical (unpaired) electrons. The zero-order valence-electron chi connectivity index (χ0n) is 5.11. The number of hydrogen-bond donors (Lipinski definition) is 0. The van der Waals surface area contributed by atoms with Crippen molar-refractivity contribution in [1.82, 2.24) is 4.90 Å². The van der Waals surface area contributed by atoms with E-state index >= 15 is 0 Å². The summed E-state index contributed by atoms with van der Waals surface area (Å²) in [4.78, 5) is 2.21. The molecule has 0 saturated heterocycles. The molecular formula is C5H12IN. The molecule has 0 spiro atoms. The fraction of sp³-hybridized carbons (Fsp3) is 1.00. The fourth-order valence-corrected chi connectivity index (χ4v) is 0.365. The van der Waals surface area contributed by atoms with Crippen molar-refractivity contribution < 1.29 is 0 Å². The van der Waals surface area contributed by atoms with Gasteiger partial charge in [-0.15, -0.1) is 0 Å². The molecule has 1 nitrogen and oxygen atoms in total. The van der Waals surface area contributed by atoms with E-state index in [1.807, 2.05) is 0 Å². The standard InChI is InChI=1S/C5H12IN/c1-4-5(6)7(2)3/h5H,4H2,1-3H3/t5-/m0/s1. The topological polar surface area (TPSA) is 3.24 Å². The smallest absolute Gasteiger partial charge is 0.0610 e. The first kappa shape index (κ1) is 7.69. The van der Waals surface area contributed by atoms with Crippen LogP contribution in [-0.2, 0) is 0 Å². The molecule has 0 amide bonds. The number of halogens is 1. The normalized spacial score (nSPS) is 15.0. The monoisotopic (exact) mass is 213 g/mol. The van der Waals surface area contributed by atoms with Crippen LogP contribution < -0.4 is 0 Å². The molecule has 44 valence electrons. The van der Waals surface area contributed by atoms with E-state index in [0.29, 0.717) is 4.05 Å². The largest absolute Gasteiger partial charge is 0.298 e. The summed E-state index contributed by atoms with van der Waals surface area (Å²) < 4.78 is 0.706. The highest BCUT2D eigenvalue weighted by atomic mass is 127. The number of rotatable bonds is 2. The minimum atomic E-state index is 0.706. The van der Waals surface area contributed by atoms with Gasteiger partial charge >= 0.3 is 0 Å². The molecule has 0 aliphatic rings. The van der Waals surface area contributed by atoms with E-state index in [-0.39, 0.29) is 0 Å². The molecule has 7 heavy (non-hydrogen) atoms. The van der Waals surface area contributed by atoms with Crippen molar-refractivity contribution in [3.8, 4) is 0 Å². The average Bonchev–Trinajstić information content (AvgIpc) is 1.65. The Bertz CT molecular complexity index is 45.3. The Balaban J connectivity index is 3.14. The van der Waals surface area contributed by atoms with E-state index in [2.05, 4.69) is 48.5 Å². The summed E-state index contributed by atoms with van der Waals surface area (Å²) in [6.45, 7) is 2.19. The van der Waals surface area contributed by atoms with Gasteiger partial charge in [-0.2, -0.15) is 0 Å². The second-order valence-corrected chi connectivity index (χ2v) is 3.24. The molecule has 0 rings (SSSR count). The predicted octanol–water partition coefficient (Wildman–Crippen LogP) is 1.72. The summed E-state index contributed by atoms with van der Waals surface area (Å²) in [5.41, 5.74) is 0. The first-order valence-electron chi connectivity index (χ1n) is 2.49. The van der Waals surface area contributed by atoms with E-state index in [0.717, 1.165) is 0 Å². The fourth-order valence-electron chi connectivity index (χ4n) is 0.365. The first-order valence-corrected chi connectivity index (χ1v) is 3.73. The number of alkyl halides is 1. The van der Waals surface area contributed by atoms with Gasteiger partial charge in [0, 0.05) is 0 Å². The maximum Gasteiger partial charge on any atom is 0.0610 e. The number of hydrogen-bond acceptors (Lipinski definition) is 1.